The second kappa shape index (κ2) is 8.88. The van der Waals surface area contributed by atoms with Crippen LogP contribution in [0.15, 0.2) is 70.2 Å². The number of carbonyl (C=O) groups is 3. The normalized spacial score (nSPS) is 13.8. The molecule has 1 aromatic heterocycles. The van der Waals surface area contributed by atoms with Gasteiger partial charge in [0.1, 0.15) is 5.76 Å². The summed E-state index contributed by atoms with van der Waals surface area (Å²) < 4.78 is 5.40. The minimum absolute atomic E-state index is 0.181. The van der Waals surface area contributed by atoms with Gasteiger partial charge >= 0.3 is 0 Å². The van der Waals surface area contributed by atoms with E-state index in [0.29, 0.717) is 38.9 Å². The summed E-state index contributed by atoms with van der Waals surface area (Å²) in [5.41, 5.74) is 3.98. The molecule has 6 nitrogen and oxygen atoms in total. The number of thioether (sulfide) groups is 1. The van der Waals surface area contributed by atoms with Crippen LogP contribution in [-0.4, -0.2) is 17.7 Å². The van der Waals surface area contributed by atoms with Gasteiger partial charge in [0.2, 0.25) is 5.91 Å². The molecule has 2 aromatic carbocycles. The summed E-state index contributed by atoms with van der Waals surface area (Å²) in [5.74, 6) is 0.252. The van der Waals surface area contributed by atoms with Crippen LogP contribution >= 0.6 is 11.8 Å². The van der Waals surface area contributed by atoms with E-state index in [4.69, 9.17) is 4.42 Å². The summed E-state index contributed by atoms with van der Waals surface area (Å²) >= 11 is 1.28. The zero-order valence-electron chi connectivity index (χ0n) is 18.0. The molecule has 162 valence electrons. The Morgan fingerprint density at radius 3 is 2.44 bits per heavy atom. The molecule has 3 amide bonds. The quantitative estimate of drug-likeness (QED) is 0.535. The number of nitrogens with zero attached hydrogens (tertiary/aromatic N) is 1. The molecular formula is C25H22N2O4S. The van der Waals surface area contributed by atoms with E-state index >= 15 is 0 Å². The van der Waals surface area contributed by atoms with Gasteiger partial charge in [-0.25, -0.2) is 4.90 Å². The first-order chi connectivity index (χ1) is 15.3. The first-order valence-electron chi connectivity index (χ1n) is 10.1. The van der Waals surface area contributed by atoms with Crippen molar-refractivity contribution in [3.63, 3.8) is 0 Å². The first-order valence-corrected chi connectivity index (χ1v) is 11.1. The molecule has 4 rings (SSSR count). The Bertz CT molecular complexity index is 1230. The fourth-order valence-electron chi connectivity index (χ4n) is 3.54. The zero-order chi connectivity index (χ0) is 22.8. The van der Waals surface area contributed by atoms with Gasteiger partial charge in [-0.3, -0.25) is 14.4 Å². The molecular weight excluding hydrogens is 424 g/mol. The summed E-state index contributed by atoms with van der Waals surface area (Å²) in [4.78, 5) is 40.0. The molecule has 0 radical (unpaired) electrons. The van der Waals surface area contributed by atoms with Crippen LogP contribution in [0.25, 0.3) is 5.57 Å². The first kappa shape index (κ1) is 21.6. The molecule has 1 N–H and O–H groups in total. The number of imide groups is 1. The lowest BCUT2D eigenvalue weighted by atomic mass is 10.1. The van der Waals surface area contributed by atoms with Crippen molar-refractivity contribution in [2.75, 3.05) is 10.2 Å². The number of amides is 3. The molecule has 0 saturated carbocycles. The van der Waals surface area contributed by atoms with Gasteiger partial charge < -0.3 is 9.73 Å². The van der Waals surface area contributed by atoms with Crippen molar-refractivity contribution >= 4 is 46.4 Å². The number of anilines is 2. The Balaban J connectivity index is 1.75. The van der Waals surface area contributed by atoms with Crippen LogP contribution in [0.1, 0.15) is 29.4 Å². The number of hydrogen-bond acceptors (Lipinski definition) is 5. The summed E-state index contributed by atoms with van der Waals surface area (Å²) in [6.45, 7) is 5.24. The fourth-order valence-corrected chi connectivity index (χ4v) is 4.55. The van der Waals surface area contributed by atoms with Gasteiger partial charge in [0.25, 0.3) is 11.8 Å². The second-order valence-corrected chi connectivity index (χ2v) is 8.55. The van der Waals surface area contributed by atoms with E-state index in [1.165, 1.54) is 23.6 Å². The molecule has 1 aliphatic rings. The lowest BCUT2D eigenvalue weighted by molar-refractivity contribution is -0.120. The maximum atomic E-state index is 13.6. The Morgan fingerprint density at radius 2 is 1.78 bits per heavy atom. The number of furan rings is 1. The summed E-state index contributed by atoms with van der Waals surface area (Å²) in [6, 6.07) is 16.2. The van der Waals surface area contributed by atoms with E-state index in [9.17, 15) is 14.4 Å². The maximum Gasteiger partial charge on any atom is 0.272 e. The number of aryl methyl sites for hydroxylation is 2. The SMILES string of the molecule is CC(=O)Nc1ccc(C2=C(SCc3ccco3)C(=O)N(c3cc(C)ccc3C)C2=O)cc1. The number of rotatable bonds is 6. The molecule has 32 heavy (non-hydrogen) atoms. The van der Waals surface area contributed by atoms with Crippen molar-refractivity contribution in [2.45, 2.75) is 26.5 Å². The highest BCUT2D eigenvalue weighted by molar-refractivity contribution is 8.03. The largest absolute Gasteiger partial charge is 0.468 e. The molecule has 0 bridgehead atoms. The lowest BCUT2D eigenvalue weighted by Gasteiger charge is -2.18. The highest BCUT2D eigenvalue weighted by Gasteiger charge is 2.40. The fraction of sp³-hybridized carbons (Fsp3) is 0.160. The molecule has 2 heterocycles. The third kappa shape index (κ3) is 4.24. The molecule has 0 unspecified atom stereocenters. The Morgan fingerprint density at radius 1 is 1.03 bits per heavy atom. The van der Waals surface area contributed by atoms with Crippen molar-refractivity contribution in [1.29, 1.82) is 0 Å². The summed E-state index contributed by atoms with van der Waals surface area (Å²) in [7, 11) is 0. The minimum Gasteiger partial charge on any atom is -0.468 e. The van der Waals surface area contributed by atoms with E-state index < -0.39 is 0 Å². The molecule has 7 heteroatoms. The van der Waals surface area contributed by atoms with Crippen LogP contribution in [0.4, 0.5) is 11.4 Å². The highest BCUT2D eigenvalue weighted by atomic mass is 32.2. The van der Waals surface area contributed by atoms with Gasteiger partial charge in [-0.1, -0.05) is 24.3 Å². The van der Waals surface area contributed by atoms with Gasteiger partial charge in [-0.2, -0.15) is 0 Å². The predicted molar refractivity (Wildman–Crippen MR) is 126 cm³/mol. The van der Waals surface area contributed by atoms with Crippen molar-refractivity contribution in [1.82, 2.24) is 0 Å². The molecule has 1 aliphatic heterocycles. The highest BCUT2D eigenvalue weighted by Crippen LogP contribution is 2.40. The van der Waals surface area contributed by atoms with Crippen LogP contribution in [0.3, 0.4) is 0 Å². The minimum atomic E-state index is -0.363. The molecule has 0 saturated heterocycles. The topological polar surface area (TPSA) is 79.6 Å². The average Bonchev–Trinajstić information content (AvgIpc) is 3.35. The van der Waals surface area contributed by atoms with Crippen molar-refractivity contribution in [3.05, 3.63) is 88.2 Å². The second-order valence-electron chi connectivity index (χ2n) is 7.57. The van der Waals surface area contributed by atoms with E-state index in [2.05, 4.69) is 5.32 Å². The predicted octanol–water partition coefficient (Wildman–Crippen LogP) is 5.07. The summed E-state index contributed by atoms with van der Waals surface area (Å²) in [6.07, 6.45) is 1.58. The molecule has 0 atom stereocenters. The lowest BCUT2D eigenvalue weighted by Crippen LogP contribution is -2.32. The van der Waals surface area contributed by atoms with Gasteiger partial charge in [0.15, 0.2) is 0 Å². The monoisotopic (exact) mass is 446 g/mol. The van der Waals surface area contributed by atoms with E-state index in [0.717, 1.165) is 11.1 Å². The number of hydrogen-bond donors (Lipinski definition) is 1. The molecule has 3 aromatic rings. The van der Waals surface area contributed by atoms with E-state index in [1.54, 1.807) is 36.6 Å². The van der Waals surface area contributed by atoms with Crippen molar-refractivity contribution in [3.8, 4) is 0 Å². The maximum absolute atomic E-state index is 13.6. The third-order valence-electron chi connectivity index (χ3n) is 5.08. The zero-order valence-corrected chi connectivity index (χ0v) is 18.8. The van der Waals surface area contributed by atoms with Gasteiger partial charge in [0, 0.05) is 12.6 Å². The van der Waals surface area contributed by atoms with Crippen LogP contribution in [0, 0.1) is 13.8 Å². The van der Waals surface area contributed by atoms with E-state index in [1.807, 2.05) is 38.1 Å². The molecule has 0 aliphatic carbocycles. The standard InChI is InChI=1S/C25H22N2O4S/c1-15-6-7-16(2)21(13-15)27-24(29)22(18-8-10-19(11-9-18)26-17(3)28)23(25(27)30)32-14-20-5-4-12-31-20/h4-13H,14H2,1-3H3,(H,26,28). The van der Waals surface area contributed by atoms with Crippen LogP contribution in [0.2, 0.25) is 0 Å². The number of carbonyl (C=O) groups excluding carboxylic acids is 3. The van der Waals surface area contributed by atoms with Gasteiger partial charge in [-0.05, 0) is 60.9 Å². The van der Waals surface area contributed by atoms with Crippen molar-refractivity contribution in [2.24, 2.45) is 0 Å². The van der Waals surface area contributed by atoms with E-state index in [-0.39, 0.29) is 17.7 Å². The van der Waals surface area contributed by atoms with Crippen LogP contribution < -0.4 is 10.2 Å². The van der Waals surface area contributed by atoms with Crippen molar-refractivity contribution < 1.29 is 18.8 Å². The average molecular weight is 447 g/mol. The van der Waals surface area contributed by atoms with Crippen LogP contribution in [-0.2, 0) is 20.1 Å². The van der Waals surface area contributed by atoms with Gasteiger partial charge in [-0.15, -0.1) is 11.8 Å². The Hall–Kier alpha value is -3.58. The Labute approximate surface area is 190 Å². The number of nitrogens with one attached hydrogen (secondary N) is 1. The third-order valence-corrected chi connectivity index (χ3v) is 6.18. The smallest absolute Gasteiger partial charge is 0.272 e. The summed E-state index contributed by atoms with van der Waals surface area (Å²) in [5, 5.41) is 2.71. The molecule has 0 spiro atoms. The van der Waals surface area contributed by atoms with Crippen LogP contribution in [0.5, 0.6) is 0 Å². The Kier molecular flexibility index (Phi) is 6.01. The molecule has 0 fully saturated rings. The van der Waals surface area contributed by atoms with Gasteiger partial charge in [0.05, 0.1) is 28.2 Å². The number of benzene rings is 2.